The van der Waals surface area contributed by atoms with Gasteiger partial charge in [-0.1, -0.05) is 121 Å². The number of likely N-dealkylation sites (tertiary alicyclic amines) is 2. The average molecular weight is 1200 g/mol. The molecule has 0 bridgehead atoms. The summed E-state index contributed by atoms with van der Waals surface area (Å²) in [7, 11) is 0. The number of H-pyrrole nitrogens is 2. The minimum absolute atomic E-state index is 0.146. The van der Waals surface area contributed by atoms with E-state index in [1.165, 1.54) is 15.7 Å². The monoisotopic (exact) mass is 1190 g/mol. The van der Waals surface area contributed by atoms with E-state index in [0.717, 1.165) is 144 Å². The number of aromatic amines is 2. The van der Waals surface area contributed by atoms with Crippen molar-refractivity contribution in [1.82, 2.24) is 69.6 Å². The van der Waals surface area contributed by atoms with Gasteiger partial charge in [0.2, 0.25) is 12.7 Å². The molecule has 0 unspecified atom stereocenters. The molecule has 90 heavy (non-hydrogen) atoms. The first kappa shape index (κ1) is 58.1. The van der Waals surface area contributed by atoms with Crippen LogP contribution in [-0.4, -0.2) is 116 Å². The maximum Gasteiger partial charge on any atom is 0.295 e. The second-order valence-corrected chi connectivity index (χ2v) is 22.1. The lowest BCUT2D eigenvalue weighted by Gasteiger charge is -2.31. The zero-order valence-electron chi connectivity index (χ0n) is 49.1. The zero-order chi connectivity index (χ0) is 61.0. The van der Waals surface area contributed by atoms with Crippen molar-refractivity contribution in [3.05, 3.63) is 228 Å². The number of nitrogens with zero attached hydrogens (tertiary/aromatic N) is 12. The highest BCUT2D eigenvalue weighted by atomic mass is 16.7. The van der Waals surface area contributed by atoms with Gasteiger partial charge in [0.25, 0.3) is 18.5 Å². The van der Waals surface area contributed by atoms with E-state index in [0.29, 0.717) is 53.2 Å². The predicted octanol–water partition coefficient (Wildman–Crippen LogP) is 11.5. The Bertz CT molecular complexity index is 4440. The molecule has 14 rings (SSSR count). The molecule has 2 aliphatic rings. The number of aromatic nitrogens is 12. The Morgan fingerprint density at radius 2 is 0.978 bits per heavy atom. The summed E-state index contributed by atoms with van der Waals surface area (Å²) in [6.45, 7) is 6.00. The molecule has 2 fully saturated rings. The zero-order valence-corrected chi connectivity index (χ0v) is 49.1. The third-order valence-electron chi connectivity index (χ3n) is 16.5. The molecule has 0 spiro atoms. The Morgan fingerprint density at radius 3 is 1.47 bits per heavy atom. The molecule has 12 aromatic rings. The van der Waals surface area contributed by atoms with Crippen molar-refractivity contribution in [2.45, 2.75) is 57.3 Å². The fourth-order valence-corrected chi connectivity index (χ4v) is 11.8. The summed E-state index contributed by atoms with van der Waals surface area (Å²) in [5, 5.41) is 16.3. The third-order valence-corrected chi connectivity index (χ3v) is 16.5. The summed E-state index contributed by atoms with van der Waals surface area (Å²) >= 11 is 0. The molecule has 0 aliphatic carbocycles. The summed E-state index contributed by atoms with van der Waals surface area (Å²) in [4.78, 5) is 72.0. The molecule has 448 valence electrons. The van der Waals surface area contributed by atoms with E-state index in [4.69, 9.17) is 34.1 Å². The lowest BCUT2D eigenvalue weighted by Crippen LogP contribution is -2.32. The molecule has 2 saturated heterocycles. The minimum atomic E-state index is -0.262. The van der Waals surface area contributed by atoms with Crippen LogP contribution in [0.5, 0.6) is 5.88 Å². The second kappa shape index (κ2) is 27.4. The molecule has 0 saturated carbocycles. The fraction of sp³-hybridized carbons (Fsp3) is 0.200. The maximum atomic E-state index is 13.2. The van der Waals surface area contributed by atoms with Crippen molar-refractivity contribution in [2.75, 3.05) is 33.0 Å². The Morgan fingerprint density at radius 1 is 0.489 bits per heavy atom. The molecule has 20 nitrogen and oxygen atoms in total. The van der Waals surface area contributed by atoms with E-state index in [1.54, 1.807) is 30.9 Å². The van der Waals surface area contributed by atoms with E-state index in [2.05, 4.69) is 106 Å². The number of carbonyl (C=O) groups is 2. The summed E-state index contributed by atoms with van der Waals surface area (Å²) in [6, 6.07) is 56.4. The highest BCUT2D eigenvalue weighted by molar-refractivity contribution is 5.94. The molecular weight excluding hydrogens is 1130 g/mol. The van der Waals surface area contributed by atoms with Crippen LogP contribution in [0.4, 0.5) is 0 Å². The number of nitrogens with one attached hydrogen (secondary N) is 2. The van der Waals surface area contributed by atoms with Gasteiger partial charge in [-0.3, -0.25) is 48.9 Å². The van der Waals surface area contributed by atoms with E-state index < -0.39 is 0 Å². The Labute approximate surface area is 517 Å². The first-order valence-electron chi connectivity index (χ1n) is 29.9. The molecule has 8 aromatic heterocycles. The van der Waals surface area contributed by atoms with E-state index >= 15 is 0 Å². The summed E-state index contributed by atoms with van der Waals surface area (Å²) in [6.07, 6.45) is 10.8. The number of carbonyl (C=O) groups excluding carboxylic acids is 2. The molecule has 20 heteroatoms. The molecule has 2 aliphatic heterocycles. The number of fused-ring (bicyclic) bond motifs is 2. The number of ether oxygens (including phenoxy) is 3. The lowest BCUT2D eigenvalue weighted by atomic mass is 9.95. The van der Waals surface area contributed by atoms with Crippen LogP contribution in [0.3, 0.4) is 0 Å². The van der Waals surface area contributed by atoms with Crippen LogP contribution in [-0.2, 0) is 38.9 Å². The van der Waals surface area contributed by atoms with Crippen molar-refractivity contribution in [3.63, 3.8) is 0 Å². The summed E-state index contributed by atoms with van der Waals surface area (Å²) in [5.41, 5.74) is 12.6. The van der Waals surface area contributed by atoms with Gasteiger partial charge in [-0.05, 0) is 123 Å². The highest BCUT2D eigenvalue weighted by Crippen LogP contribution is 2.38. The quantitative estimate of drug-likeness (QED) is 0.0435. The van der Waals surface area contributed by atoms with Crippen molar-refractivity contribution in [1.29, 1.82) is 0 Å². The molecule has 2 N–H and O–H groups in total. The highest BCUT2D eigenvalue weighted by Gasteiger charge is 2.26. The fourth-order valence-electron chi connectivity index (χ4n) is 11.8. The molecule has 4 aromatic carbocycles. The number of pyridine rings is 6. The summed E-state index contributed by atoms with van der Waals surface area (Å²) in [5.74, 6) is 4.25. The van der Waals surface area contributed by atoms with E-state index in [9.17, 15) is 14.4 Å². The van der Waals surface area contributed by atoms with Crippen LogP contribution in [0.2, 0.25) is 0 Å². The van der Waals surface area contributed by atoms with Crippen molar-refractivity contribution in [2.24, 2.45) is 0 Å². The van der Waals surface area contributed by atoms with E-state index in [-0.39, 0.29) is 19.1 Å². The van der Waals surface area contributed by atoms with Crippen LogP contribution >= 0.6 is 0 Å². The van der Waals surface area contributed by atoms with Crippen LogP contribution in [0.25, 0.3) is 89.6 Å². The minimum Gasteiger partial charge on any atom is -0.446 e. The smallest absolute Gasteiger partial charge is 0.295 e. The normalized spacial score (nSPS) is 14.0. The van der Waals surface area contributed by atoms with Crippen LogP contribution < -0.4 is 10.3 Å². The van der Waals surface area contributed by atoms with Crippen molar-refractivity contribution >= 4 is 34.8 Å². The van der Waals surface area contributed by atoms with Crippen LogP contribution in [0.15, 0.2) is 199 Å². The lowest BCUT2D eigenvalue weighted by molar-refractivity contribution is -0.135. The second-order valence-electron chi connectivity index (χ2n) is 22.1. The standard InChI is InChI=1S/2C35H31N7O3/c43-22-44-23-45-35-29-20-28(25-6-2-1-3-7-25)32(38-30(29)13-17-37-35)26-11-9-24(10-12-26)21-42-18-14-27(15-19-42)33-39-34(41-40-33)31-8-4-5-16-36-31;43-23-45-22-42-19-15-30-29(35(42)44)20-28(25-6-2-1-3-7-25)32(37-30)26-11-9-24(10-12-26)21-41-17-13-27(14-18-41)33-38-34(40-39-33)31-8-4-5-16-36-31/h1-13,16-17,20,22,27H,14-15,18-19,21,23H2,(H,39,40,41);1-12,15-16,19-20,23,27H,13-14,17-18,21-22H2,(H,38,39,40). The largest absolute Gasteiger partial charge is 0.446 e. The van der Waals surface area contributed by atoms with Gasteiger partial charge in [0.15, 0.2) is 18.4 Å². The van der Waals surface area contributed by atoms with Gasteiger partial charge in [0.05, 0.1) is 33.2 Å². The molecule has 0 radical (unpaired) electrons. The first-order valence-corrected chi connectivity index (χ1v) is 29.9. The molecule has 10 heterocycles. The molecule has 0 atom stereocenters. The number of benzene rings is 4. The van der Waals surface area contributed by atoms with Gasteiger partial charge in [0, 0.05) is 72.0 Å². The number of piperidine rings is 2. The molecule has 0 amide bonds. The average Bonchev–Trinajstić information content (AvgIpc) is 1.17. The van der Waals surface area contributed by atoms with Gasteiger partial charge in [-0.25, -0.2) is 24.9 Å². The third kappa shape index (κ3) is 13.3. The topological polar surface area (TPSA) is 238 Å². The van der Waals surface area contributed by atoms with Gasteiger partial charge < -0.3 is 14.2 Å². The van der Waals surface area contributed by atoms with Crippen LogP contribution in [0.1, 0.15) is 60.3 Å². The predicted molar refractivity (Wildman–Crippen MR) is 341 cm³/mol. The number of hydrogen-bond donors (Lipinski definition) is 2. The van der Waals surface area contributed by atoms with Gasteiger partial charge in [0.1, 0.15) is 23.0 Å². The van der Waals surface area contributed by atoms with Crippen molar-refractivity contribution < 1.29 is 23.8 Å². The van der Waals surface area contributed by atoms with Gasteiger partial charge in [-0.15, -0.1) is 0 Å². The Balaban J connectivity index is 0.000000165. The summed E-state index contributed by atoms with van der Waals surface area (Å²) < 4.78 is 16.5. The number of rotatable bonds is 19. The van der Waals surface area contributed by atoms with E-state index in [1.807, 2.05) is 103 Å². The first-order chi connectivity index (χ1) is 44.4. The van der Waals surface area contributed by atoms with Crippen LogP contribution in [0, 0.1) is 0 Å². The maximum absolute atomic E-state index is 13.2. The van der Waals surface area contributed by atoms with Gasteiger partial charge >= 0.3 is 0 Å². The Kier molecular flexibility index (Phi) is 17.7. The number of hydrogen-bond acceptors (Lipinski definition) is 17. The Hall–Kier alpha value is -11.0. The van der Waals surface area contributed by atoms with Gasteiger partial charge in [-0.2, -0.15) is 10.2 Å². The van der Waals surface area contributed by atoms with Crippen molar-refractivity contribution in [3.8, 4) is 73.7 Å². The SMILES string of the molecule is O=COCOc1nccc2nc(-c3ccc(CN4CCC(c5nc(-c6ccccn6)n[nH]5)CC4)cc3)c(-c3ccccc3)cc12.O=COCn1ccc2nc(-c3ccc(CN4CCC(c5nc(-c6ccccn6)n[nH]5)CC4)cc3)c(-c3ccccc3)cc2c1=O. The molecular formula is C70H62N14O6.